The van der Waals surface area contributed by atoms with Crippen LogP contribution in [0.15, 0.2) is 45.3 Å². The molecule has 0 radical (unpaired) electrons. The Morgan fingerprint density at radius 1 is 1.15 bits per heavy atom. The van der Waals surface area contributed by atoms with Gasteiger partial charge in [-0.1, -0.05) is 44.0 Å². The standard InChI is InChI=1S/C16H16Br2FN/c1-10-13(4-3-5-14(10)17)16(20-2)9-11-8-12(19)6-7-15(11)18/h3-8,16,20H,9H2,1-2H3. The van der Waals surface area contributed by atoms with Crippen molar-refractivity contribution in [2.24, 2.45) is 0 Å². The summed E-state index contributed by atoms with van der Waals surface area (Å²) in [4.78, 5) is 0. The van der Waals surface area contributed by atoms with Gasteiger partial charge in [-0.15, -0.1) is 0 Å². The number of nitrogens with one attached hydrogen (secondary N) is 1. The van der Waals surface area contributed by atoms with Gasteiger partial charge in [-0.2, -0.15) is 0 Å². The molecule has 1 N–H and O–H groups in total. The maximum Gasteiger partial charge on any atom is 0.123 e. The van der Waals surface area contributed by atoms with E-state index in [1.54, 1.807) is 12.1 Å². The fourth-order valence-corrected chi connectivity index (χ4v) is 3.08. The number of benzene rings is 2. The highest BCUT2D eigenvalue weighted by atomic mass is 79.9. The van der Waals surface area contributed by atoms with Crippen molar-refractivity contribution in [3.63, 3.8) is 0 Å². The predicted octanol–water partition coefficient (Wildman–Crippen LogP) is 5.16. The Hall–Kier alpha value is -0.710. The fourth-order valence-electron chi connectivity index (χ4n) is 2.29. The van der Waals surface area contributed by atoms with Crippen LogP contribution < -0.4 is 5.32 Å². The molecule has 1 atom stereocenters. The lowest BCUT2D eigenvalue weighted by Gasteiger charge is -2.20. The van der Waals surface area contributed by atoms with E-state index in [-0.39, 0.29) is 11.9 Å². The van der Waals surface area contributed by atoms with E-state index in [1.165, 1.54) is 17.2 Å². The molecule has 0 saturated heterocycles. The Balaban J connectivity index is 2.34. The maximum absolute atomic E-state index is 13.4. The van der Waals surface area contributed by atoms with E-state index >= 15 is 0 Å². The molecule has 106 valence electrons. The Bertz CT molecular complexity index is 613. The van der Waals surface area contributed by atoms with Gasteiger partial charge in [0, 0.05) is 15.0 Å². The molecule has 2 rings (SSSR count). The first kappa shape index (κ1) is 15.7. The molecule has 1 nitrogen and oxygen atoms in total. The molecule has 2 aromatic rings. The van der Waals surface area contributed by atoms with Crippen molar-refractivity contribution in [3.05, 3.63) is 67.9 Å². The fraction of sp³-hybridized carbons (Fsp3) is 0.250. The van der Waals surface area contributed by atoms with Crippen LogP contribution in [0.25, 0.3) is 0 Å². The van der Waals surface area contributed by atoms with Crippen molar-refractivity contribution >= 4 is 31.9 Å². The maximum atomic E-state index is 13.4. The van der Waals surface area contributed by atoms with Crippen molar-refractivity contribution in [1.82, 2.24) is 5.32 Å². The Morgan fingerprint density at radius 2 is 1.90 bits per heavy atom. The predicted molar refractivity (Wildman–Crippen MR) is 88.5 cm³/mol. The highest BCUT2D eigenvalue weighted by molar-refractivity contribution is 9.10. The number of halogens is 3. The number of hydrogen-bond acceptors (Lipinski definition) is 1. The Morgan fingerprint density at radius 3 is 2.60 bits per heavy atom. The summed E-state index contributed by atoms with van der Waals surface area (Å²) < 4.78 is 15.4. The summed E-state index contributed by atoms with van der Waals surface area (Å²) in [5.74, 6) is -0.205. The van der Waals surface area contributed by atoms with Crippen LogP contribution in [0, 0.1) is 12.7 Å². The third-order valence-electron chi connectivity index (χ3n) is 3.47. The minimum Gasteiger partial charge on any atom is -0.313 e. The number of hydrogen-bond donors (Lipinski definition) is 1. The second-order valence-electron chi connectivity index (χ2n) is 4.74. The molecule has 2 aromatic carbocycles. The van der Waals surface area contributed by atoms with Gasteiger partial charge in [0.25, 0.3) is 0 Å². The summed E-state index contributed by atoms with van der Waals surface area (Å²) >= 11 is 7.05. The van der Waals surface area contributed by atoms with E-state index in [4.69, 9.17) is 0 Å². The van der Waals surface area contributed by atoms with Crippen LogP contribution >= 0.6 is 31.9 Å². The van der Waals surface area contributed by atoms with Crippen LogP contribution in [-0.4, -0.2) is 7.05 Å². The first-order valence-corrected chi connectivity index (χ1v) is 7.97. The highest BCUT2D eigenvalue weighted by Gasteiger charge is 2.15. The minimum absolute atomic E-state index is 0.144. The van der Waals surface area contributed by atoms with E-state index in [0.29, 0.717) is 0 Å². The minimum atomic E-state index is -0.205. The van der Waals surface area contributed by atoms with Crippen LogP contribution in [-0.2, 0) is 6.42 Å². The van der Waals surface area contributed by atoms with Gasteiger partial charge in [0.15, 0.2) is 0 Å². The molecule has 0 aliphatic rings. The quantitative estimate of drug-likeness (QED) is 0.747. The average Bonchev–Trinajstić information content (AvgIpc) is 2.43. The van der Waals surface area contributed by atoms with Gasteiger partial charge in [0.2, 0.25) is 0 Å². The van der Waals surface area contributed by atoms with Crippen molar-refractivity contribution in [2.45, 2.75) is 19.4 Å². The first-order valence-electron chi connectivity index (χ1n) is 6.39. The van der Waals surface area contributed by atoms with Gasteiger partial charge in [0.1, 0.15) is 5.82 Å². The van der Waals surface area contributed by atoms with E-state index < -0.39 is 0 Å². The molecule has 0 aliphatic carbocycles. The van der Waals surface area contributed by atoms with E-state index in [2.05, 4.69) is 50.2 Å². The SMILES string of the molecule is CNC(Cc1cc(F)ccc1Br)c1cccc(Br)c1C. The van der Waals surface area contributed by atoms with E-state index in [0.717, 1.165) is 20.9 Å². The summed E-state index contributed by atoms with van der Waals surface area (Å²) in [5, 5.41) is 3.32. The molecular formula is C16H16Br2FN. The topological polar surface area (TPSA) is 12.0 Å². The summed E-state index contributed by atoms with van der Waals surface area (Å²) in [7, 11) is 1.93. The van der Waals surface area contributed by atoms with Gasteiger partial charge in [0.05, 0.1) is 0 Å². The third-order valence-corrected chi connectivity index (χ3v) is 5.10. The van der Waals surface area contributed by atoms with E-state index in [9.17, 15) is 4.39 Å². The second kappa shape index (κ2) is 6.83. The Kier molecular flexibility index (Phi) is 5.35. The van der Waals surface area contributed by atoms with Crippen molar-refractivity contribution < 1.29 is 4.39 Å². The van der Waals surface area contributed by atoms with Crippen molar-refractivity contribution in [3.8, 4) is 0 Å². The molecule has 0 aliphatic heterocycles. The summed E-state index contributed by atoms with van der Waals surface area (Å²) in [6.07, 6.45) is 0.728. The number of rotatable bonds is 4. The summed E-state index contributed by atoms with van der Waals surface area (Å²) in [6, 6.07) is 11.1. The molecule has 0 spiro atoms. The van der Waals surface area contributed by atoms with Crippen LogP contribution in [0.5, 0.6) is 0 Å². The zero-order valence-corrected chi connectivity index (χ0v) is 14.6. The van der Waals surface area contributed by atoms with Gasteiger partial charge in [-0.3, -0.25) is 0 Å². The summed E-state index contributed by atoms with van der Waals surface area (Å²) in [5.41, 5.74) is 3.39. The lowest BCUT2D eigenvalue weighted by atomic mass is 9.95. The molecular weight excluding hydrogens is 385 g/mol. The largest absolute Gasteiger partial charge is 0.313 e. The van der Waals surface area contributed by atoms with Gasteiger partial charge < -0.3 is 5.32 Å². The smallest absolute Gasteiger partial charge is 0.123 e. The summed E-state index contributed by atoms with van der Waals surface area (Å²) in [6.45, 7) is 2.09. The molecule has 0 bridgehead atoms. The normalized spacial score (nSPS) is 12.4. The third kappa shape index (κ3) is 3.48. The lowest BCUT2D eigenvalue weighted by molar-refractivity contribution is 0.580. The number of likely N-dealkylation sites (N-methyl/N-ethyl adjacent to an activating group) is 1. The van der Waals surface area contributed by atoms with Gasteiger partial charge in [-0.05, 0) is 61.3 Å². The monoisotopic (exact) mass is 399 g/mol. The van der Waals surface area contributed by atoms with Crippen molar-refractivity contribution in [2.75, 3.05) is 7.05 Å². The molecule has 0 amide bonds. The van der Waals surface area contributed by atoms with Gasteiger partial charge >= 0.3 is 0 Å². The molecule has 0 saturated carbocycles. The second-order valence-corrected chi connectivity index (χ2v) is 6.44. The van der Waals surface area contributed by atoms with E-state index in [1.807, 2.05) is 19.2 Å². The van der Waals surface area contributed by atoms with Crippen LogP contribution in [0.1, 0.15) is 22.7 Å². The molecule has 1 unspecified atom stereocenters. The Labute approximate surface area is 135 Å². The molecule has 0 fully saturated rings. The average molecular weight is 401 g/mol. The van der Waals surface area contributed by atoms with Gasteiger partial charge in [-0.25, -0.2) is 4.39 Å². The highest BCUT2D eigenvalue weighted by Crippen LogP contribution is 2.29. The molecule has 4 heteroatoms. The lowest BCUT2D eigenvalue weighted by Crippen LogP contribution is -2.20. The zero-order valence-electron chi connectivity index (χ0n) is 11.4. The zero-order chi connectivity index (χ0) is 14.7. The van der Waals surface area contributed by atoms with Crippen LogP contribution in [0.3, 0.4) is 0 Å². The first-order chi connectivity index (χ1) is 9.52. The molecule has 20 heavy (non-hydrogen) atoms. The van der Waals surface area contributed by atoms with Crippen LogP contribution in [0.2, 0.25) is 0 Å². The van der Waals surface area contributed by atoms with Crippen LogP contribution in [0.4, 0.5) is 4.39 Å². The molecule has 0 heterocycles. The van der Waals surface area contributed by atoms with Crippen molar-refractivity contribution in [1.29, 1.82) is 0 Å². The molecule has 0 aromatic heterocycles.